The van der Waals surface area contributed by atoms with E-state index in [-0.39, 0.29) is 25.5 Å². The lowest BCUT2D eigenvalue weighted by atomic mass is 9.97. The number of hydrogen-bond donors (Lipinski definition) is 4. The van der Waals surface area contributed by atoms with E-state index in [0.717, 1.165) is 16.3 Å². The Morgan fingerprint density at radius 1 is 0.949 bits per heavy atom. The van der Waals surface area contributed by atoms with Gasteiger partial charge in [0.25, 0.3) is 5.91 Å². The van der Waals surface area contributed by atoms with E-state index in [9.17, 15) is 19.2 Å². The van der Waals surface area contributed by atoms with Crippen LogP contribution < -0.4 is 26.4 Å². The summed E-state index contributed by atoms with van der Waals surface area (Å²) in [5.74, 6) is -2.42. The van der Waals surface area contributed by atoms with Crippen LogP contribution in [0.3, 0.4) is 0 Å². The highest BCUT2D eigenvalue weighted by Crippen LogP contribution is 2.26. The van der Waals surface area contributed by atoms with Crippen molar-refractivity contribution in [2.45, 2.75) is 19.3 Å². The Bertz CT molecular complexity index is 1380. The molecule has 0 fully saturated rings. The van der Waals surface area contributed by atoms with Gasteiger partial charge in [0.05, 0.1) is 30.3 Å². The van der Waals surface area contributed by atoms with Gasteiger partial charge in [0, 0.05) is 13.6 Å². The molecule has 202 valence electrons. The molecule has 0 aliphatic carbocycles. The Kier molecular flexibility index (Phi) is 10.4. The van der Waals surface area contributed by atoms with E-state index in [1.807, 2.05) is 30.3 Å². The summed E-state index contributed by atoms with van der Waals surface area (Å²) in [6, 6.07) is 19.8. The smallest absolute Gasteiger partial charge is 0.255 e. The second-order valence-electron chi connectivity index (χ2n) is 8.87. The fourth-order valence-corrected chi connectivity index (χ4v) is 3.95. The van der Waals surface area contributed by atoms with Crippen LogP contribution in [-0.2, 0) is 20.8 Å². The number of nitrogens with zero attached hydrogens (tertiary/aromatic N) is 1. The van der Waals surface area contributed by atoms with E-state index in [4.69, 9.17) is 15.7 Å². The van der Waals surface area contributed by atoms with Crippen LogP contribution in [0.5, 0.6) is 5.75 Å². The van der Waals surface area contributed by atoms with Gasteiger partial charge in [-0.05, 0) is 59.9 Å². The molecule has 0 saturated heterocycles. The van der Waals surface area contributed by atoms with Crippen LogP contribution in [0.4, 0.5) is 0 Å². The lowest BCUT2D eigenvalue weighted by molar-refractivity contribution is -0.135. The van der Waals surface area contributed by atoms with Crippen LogP contribution in [-0.4, -0.2) is 50.4 Å². The highest BCUT2D eigenvalue weighted by atomic mass is 16.5. The molecule has 3 rings (SSSR count). The molecule has 39 heavy (non-hydrogen) atoms. The number of nitriles is 1. The zero-order valence-corrected chi connectivity index (χ0v) is 21.7. The lowest BCUT2D eigenvalue weighted by Gasteiger charge is -2.16. The first-order valence-electron chi connectivity index (χ1n) is 12.5. The molecule has 3 aromatic rings. The van der Waals surface area contributed by atoms with Crippen LogP contribution in [0.1, 0.15) is 34.3 Å². The van der Waals surface area contributed by atoms with Crippen LogP contribution >= 0.6 is 0 Å². The number of benzene rings is 3. The molecule has 10 heteroatoms. The Hall–Kier alpha value is -4.91. The molecule has 0 saturated carbocycles. The van der Waals surface area contributed by atoms with Gasteiger partial charge in [0.15, 0.2) is 0 Å². The maximum absolute atomic E-state index is 12.7. The van der Waals surface area contributed by atoms with Crippen molar-refractivity contribution >= 4 is 34.4 Å². The highest BCUT2D eigenvalue weighted by Gasteiger charge is 2.25. The van der Waals surface area contributed by atoms with Gasteiger partial charge in [-0.1, -0.05) is 36.4 Å². The first-order chi connectivity index (χ1) is 18.8. The second-order valence-corrected chi connectivity index (χ2v) is 8.87. The van der Waals surface area contributed by atoms with E-state index in [2.05, 4.69) is 16.0 Å². The minimum Gasteiger partial charge on any atom is -0.493 e. The number of carbonyl (C=O) groups excluding carboxylic acids is 4. The van der Waals surface area contributed by atoms with Crippen molar-refractivity contribution in [2.75, 3.05) is 26.7 Å². The quantitative estimate of drug-likeness (QED) is 0.195. The highest BCUT2D eigenvalue weighted by molar-refractivity contribution is 6.03. The number of ether oxygens (including phenoxy) is 1. The first-order valence-corrected chi connectivity index (χ1v) is 12.5. The topological polar surface area (TPSA) is 163 Å². The van der Waals surface area contributed by atoms with Gasteiger partial charge in [-0.15, -0.1) is 0 Å². The number of primary amides is 1. The first kappa shape index (κ1) is 28.7. The molecule has 0 bridgehead atoms. The average molecular weight is 530 g/mol. The van der Waals surface area contributed by atoms with Crippen LogP contribution in [0.25, 0.3) is 10.8 Å². The number of rotatable bonds is 13. The Morgan fingerprint density at radius 3 is 2.28 bits per heavy atom. The van der Waals surface area contributed by atoms with Crippen molar-refractivity contribution in [2.24, 2.45) is 11.7 Å². The van der Waals surface area contributed by atoms with Crippen molar-refractivity contribution < 1.29 is 23.9 Å². The molecule has 1 atom stereocenters. The Balaban J connectivity index is 1.54. The summed E-state index contributed by atoms with van der Waals surface area (Å²) in [4.78, 5) is 48.8. The maximum atomic E-state index is 12.7. The van der Waals surface area contributed by atoms with E-state index in [0.29, 0.717) is 36.3 Å². The largest absolute Gasteiger partial charge is 0.493 e. The fourth-order valence-electron chi connectivity index (χ4n) is 3.95. The molecule has 3 aromatic carbocycles. The van der Waals surface area contributed by atoms with Crippen molar-refractivity contribution in [3.63, 3.8) is 0 Å². The molecule has 4 amide bonds. The molecule has 0 aliphatic rings. The van der Waals surface area contributed by atoms with E-state index in [1.54, 1.807) is 36.4 Å². The number of fused-ring (bicyclic) bond motifs is 1. The van der Waals surface area contributed by atoms with Gasteiger partial charge in [-0.25, -0.2) is 0 Å². The Labute approximate surface area is 226 Å². The summed E-state index contributed by atoms with van der Waals surface area (Å²) in [5, 5.41) is 18.5. The summed E-state index contributed by atoms with van der Waals surface area (Å²) in [7, 11) is 1.48. The predicted octanol–water partition coefficient (Wildman–Crippen LogP) is 1.81. The summed E-state index contributed by atoms with van der Waals surface area (Å²) < 4.78 is 5.90. The van der Waals surface area contributed by atoms with Crippen molar-refractivity contribution in [1.82, 2.24) is 16.0 Å². The SMILES string of the molecule is CNC(=O)C(Cc1ccc(C#N)cc1)C(=O)NCCCCOc1cc2ccccc2cc1C(=O)NCC(N)=O. The summed E-state index contributed by atoms with van der Waals surface area (Å²) in [6.07, 6.45) is 1.37. The van der Waals surface area contributed by atoms with Gasteiger partial charge < -0.3 is 26.4 Å². The number of amides is 4. The van der Waals surface area contributed by atoms with Crippen molar-refractivity contribution in [3.05, 3.63) is 77.4 Å². The van der Waals surface area contributed by atoms with Crippen LogP contribution in [0, 0.1) is 17.2 Å². The summed E-state index contributed by atoms with van der Waals surface area (Å²) >= 11 is 0. The molecule has 0 heterocycles. The minimum atomic E-state index is -0.904. The molecule has 1 unspecified atom stereocenters. The number of unbranched alkanes of at least 4 members (excludes halogenated alkanes) is 1. The van der Waals surface area contributed by atoms with Gasteiger partial charge in [-0.3, -0.25) is 19.2 Å². The molecule has 0 aromatic heterocycles. The molecule has 10 nitrogen and oxygen atoms in total. The van der Waals surface area contributed by atoms with Crippen molar-refractivity contribution in [1.29, 1.82) is 5.26 Å². The lowest BCUT2D eigenvalue weighted by Crippen LogP contribution is -2.41. The monoisotopic (exact) mass is 529 g/mol. The standard InChI is InChI=1S/C29H31N5O5/c1-32-27(36)24(14-19-8-10-20(17-30)11-9-19)29(38)33-12-4-5-13-39-25-16-22-7-3-2-6-21(22)15-23(25)28(37)34-18-26(31)35/h2-3,6-11,15-16,24H,4-5,12-14,18H2,1H3,(H2,31,35)(H,32,36)(H,33,38)(H,34,37). The third kappa shape index (κ3) is 8.30. The predicted molar refractivity (Wildman–Crippen MR) is 146 cm³/mol. The zero-order valence-electron chi connectivity index (χ0n) is 21.7. The zero-order chi connectivity index (χ0) is 28.2. The van der Waals surface area contributed by atoms with Crippen LogP contribution in [0.15, 0.2) is 60.7 Å². The Morgan fingerprint density at radius 2 is 1.64 bits per heavy atom. The van der Waals surface area contributed by atoms with Crippen LogP contribution in [0.2, 0.25) is 0 Å². The number of hydrogen-bond acceptors (Lipinski definition) is 6. The molecular weight excluding hydrogens is 498 g/mol. The molecule has 5 N–H and O–H groups in total. The molecular formula is C29H31N5O5. The van der Waals surface area contributed by atoms with E-state index in [1.165, 1.54) is 7.05 Å². The van der Waals surface area contributed by atoms with Gasteiger partial charge in [-0.2, -0.15) is 5.26 Å². The molecule has 0 spiro atoms. The third-order valence-corrected chi connectivity index (χ3v) is 6.05. The van der Waals surface area contributed by atoms with Gasteiger partial charge in [0.1, 0.15) is 11.7 Å². The minimum absolute atomic E-state index is 0.211. The second kappa shape index (κ2) is 14.1. The van der Waals surface area contributed by atoms with Gasteiger partial charge >= 0.3 is 0 Å². The van der Waals surface area contributed by atoms with E-state index >= 15 is 0 Å². The normalized spacial score (nSPS) is 11.2. The van der Waals surface area contributed by atoms with Crippen molar-refractivity contribution in [3.8, 4) is 11.8 Å². The molecule has 0 radical (unpaired) electrons. The summed E-state index contributed by atoms with van der Waals surface area (Å²) in [5.41, 5.74) is 6.71. The van der Waals surface area contributed by atoms with Gasteiger partial charge in [0.2, 0.25) is 17.7 Å². The maximum Gasteiger partial charge on any atom is 0.255 e. The number of carbonyl (C=O) groups is 4. The molecule has 0 aliphatic heterocycles. The number of nitrogens with two attached hydrogens (primary N) is 1. The summed E-state index contributed by atoms with van der Waals surface area (Å²) in [6.45, 7) is 0.341. The fraction of sp³-hybridized carbons (Fsp3) is 0.276. The van der Waals surface area contributed by atoms with E-state index < -0.39 is 23.6 Å². The third-order valence-electron chi connectivity index (χ3n) is 6.05. The average Bonchev–Trinajstić information content (AvgIpc) is 2.95. The number of nitrogens with one attached hydrogen (secondary N) is 3.